The van der Waals surface area contributed by atoms with Crippen molar-refractivity contribution in [3.05, 3.63) is 11.6 Å². The van der Waals surface area contributed by atoms with Crippen molar-refractivity contribution < 1.29 is 62.6 Å². The smallest absolute Gasteiger partial charge is 0.273 e. The molecule has 1 fully saturated rings. The highest BCUT2D eigenvalue weighted by atomic mass is 16.5. The van der Waals surface area contributed by atoms with E-state index in [4.69, 9.17) is 4.74 Å². The third-order valence-corrected chi connectivity index (χ3v) is 17.5. The molecule has 1 aliphatic carbocycles. The molecule has 0 aromatic carbocycles. The van der Waals surface area contributed by atoms with Crippen LogP contribution >= 0.6 is 0 Å². The largest absolute Gasteiger partial charge is 0.390 e. The SMILES string of the molecule is CC[C@@H]1NC(=O)C([C@H](O)[C@H]2CC=C2C)N(C)C(=O)C(C(C)C)N(C)C(=O)[C@H](CC(C)C)N(C)C(=O)[C@H](CC(C)C)N(C)C(=O)[C@@H](C)NC(=O)[C@H](C)NC(=O)[C@H](CC(C)C)N(C)C(=O)C(C(C)C)NC(=O)[C@H](CC(C)C)N(C)C(=O)[C@@H](O[C@@H](C)CN(C)C)N(C)C1=O. The van der Waals surface area contributed by atoms with E-state index >= 15 is 28.8 Å². The van der Waals surface area contributed by atoms with Crippen LogP contribution in [-0.2, 0) is 57.5 Å². The molecule has 0 bridgehead atoms. The van der Waals surface area contributed by atoms with Crippen LogP contribution in [0.5, 0.6) is 0 Å². The second-order valence-corrected chi connectivity index (χ2v) is 28.4. The zero-order valence-electron chi connectivity index (χ0n) is 60.0. The number of carbonyl (C=O) groups is 11. The van der Waals surface area contributed by atoms with Gasteiger partial charge in [-0.3, -0.25) is 52.7 Å². The normalized spacial score (nSPS) is 28.2. The molecular weight excluding hydrogens is 1170 g/mol. The fourth-order valence-corrected chi connectivity index (χ4v) is 11.9. The van der Waals surface area contributed by atoms with Crippen LogP contribution in [0, 0.1) is 41.4 Å². The molecule has 25 nitrogen and oxygen atoms in total. The number of nitrogens with one attached hydrogen (secondary N) is 4. The number of hydrogen-bond acceptors (Lipinski definition) is 14. The first-order valence-electron chi connectivity index (χ1n) is 32.7. The van der Waals surface area contributed by atoms with E-state index in [2.05, 4.69) is 21.3 Å². The number of carbonyl (C=O) groups excluding carboxylic acids is 11. The van der Waals surface area contributed by atoms with Gasteiger partial charge in [0.1, 0.15) is 60.4 Å². The Bertz CT molecular complexity index is 2560. The van der Waals surface area contributed by atoms with E-state index in [9.17, 15) is 29.1 Å². The van der Waals surface area contributed by atoms with Crippen molar-refractivity contribution in [2.75, 3.05) is 70.0 Å². The Morgan fingerprint density at radius 1 is 0.484 bits per heavy atom. The molecule has 0 saturated carbocycles. The molecule has 91 heavy (non-hydrogen) atoms. The Balaban J connectivity index is 3.09. The van der Waals surface area contributed by atoms with Gasteiger partial charge in [0.2, 0.25) is 65.3 Å². The molecule has 11 amide bonds. The van der Waals surface area contributed by atoms with Crippen LogP contribution in [0.15, 0.2) is 11.6 Å². The number of allylic oxidation sites excluding steroid dienone is 1. The number of aliphatic hydroxyl groups is 1. The summed E-state index contributed by atoms with van der Waals surface area (Å²) in [4.78, 5) is 174. The van der Waals surface area contributed by atoms with E-state index < -0.39 is 162 Å². The number of aliphatic hydroxyl groups excluding tert-OH is 1. The minimum Gasteiger partial charge on any atom is -0.390 e. The minimum atomic E-state index is -1.69. The standard InChI is InChI=1S/C66H118N12O13/c1-27-46-60(85)78(26)66(91-42(15)34-71(18)19)65(90)73(21)48(31-36(4)5)57(82)70-51(39(10)11)63(88)72(20)47(30-35(2)3)56(81)67-43(16)55(80)68-44(17)59(84)74(22)49(32-37(6)7)61(86)75(23)50(33-38(8)9)62(87)76(24)52(40(12)13)64(89)77(25)53(58(83)69-46)54(79)45-29-28-41(45)14/h28,35-40,42-54,66,79H,27,29-34H2,1-26H3,(H,67,81)(H,68,80)(H,69,83)(H,70,82)/t42-,43-,44+,45-,46-,47-,48-,49-,50-,51?,52?,53?,54+,66+/m0/s1. The van der Waals surface area contributed by atoms with Crippen molar-refractivity contribution in [1.29, 1.82) is 0 Å². The lowest BCUT2D eigenvalue weighted by Crippen LogP contribution is -2.64. The predicted molar refractivity (Wildman–Crippen MR) is 350 cm³/mol. The van der Waals surface area contributed by atoms with Gasteiger partial charge in [0, 0.05) is 61.8 Å². The van der Waals surface area contributed by atoms with Crippen LogP contribution in [0.4, 0.5) is 0 Å². The summed E-state index contributed by atoms with van der Waals surface area (Å²) in [6.07, 6.45) is -1.14. The van der Waals surface area contributed by atoms with Gasteiger partial charge >= 0.3 is 0 Å². The molecule has 520 valence electrons. The van der Waals surface area contributed by atoms with Gasteiger partial charge in [-0.25, -0.2) is 0 Å². The highest BCUT2D eigenvalue weighted by Gasteiger charge is 2.48. The number of likely N-dealkylation sites (N-methyl/N-ethyl adjacent to an activating group) is 8. The Labute approximate surface area is 544 Å². The topological polar surface area (TPSA) is 291 Å². The zero-order valence-corrected chi connectivity index (χ0v) is 60.0. The number of hydrogen-bond donors (Lipinski definition) is 5. The fourth-order valence-electron chi connectivity index (χ4n) is 11.9. The minimum absolute atomic E-state index is 0.0384. The van der Waals surface area contributed by atoms with Crippen molar-refractivity contribution in [3.8, 4) is 0 Å². The lowest BCUT2D eigenvalue weighted by Gasteiger charge is -2.42. The molecule has 0 aromatic rings. The van der Waals surface area contributed by atoms with E-state index in [0.717, 1.165) is 15.4 Å². The molecule has 0 aromatic heterocycles. The third-order valence-electron chi connectivity index (χ3n) is 17.5. The molecule has 2 aliphatic rings. The quantitative estimate of drug-likeness (QED) is 0.131. The van der Waals surface area contributed by atoms with Crippen molar-refractivity contribution >= 4 is 65.0 Å². The predicted octanol–water partition coefficient (Wildman–Crippen LogP) is 2.93. The van der Waals surface area contributed by atoms with Crippen molar-refractivity contribution in [3.63, 3.8) is 0 Å². The summed E-state index contributed by atoms with van der Waals surface area (Å²) in [6, 6.07) is -12.7. The molecule has 1 aliphatic heterocycles. The van der Waals surface area contributed by atoms with E-state index in [0.29, 0.717) is 13.0 Å². The summed E-state index contributed by atoms with van der Waals surface area (Å²) in [6.45, 7) is 30.1. The second kappa shape index (κ2) is 35.7. The summed E-state index contributed by atoms with van der Waals surface area (Å²) >= 11 is 0. The second-order valence-electron chi connectivity index (χ2n) is 28.4. The number of amides is 11. The lowest BCUT2D eigenvalue weighted by atomic mass is 9.78. The van der Waals surface area contributed by atoms with Crippen LogP contribution < -0.4 is 21.3 Å². The van der Waals surface area contributed by atoms with E-state index in [1.54, 1.807) is 62.6 Å². The Hall–Kier alpha value is -6.21. The fraction of sp³-hybridized carbons (Fsp3) is 0.803. The summed E-state index contributed by atoms with van der Waals surface area (Å²) in [5.41, 5.74) is 0.772. The maximum absolute atomic E-state index is 15.3. The maximum Gasteiger partial charge on any atom is 0.273 e. The van der Waals surface area contributed by atoms with E-state index in [1.165, 1.54) is 87.7 Å². The summed E-state index contributed by atoms with van der Waals surface area (Å²) < 4.78 is 6.44. The van der Waals surface area contributed by atoms with Gasteiger partial charge in [-0.15, -0.1) is 0 Å². The molecule has 1 saturated heterocycles. The van der Waals surface area contributed by atoms with Gasteiger partial charge in [-0.05, 0) is 116 Å². The molecule has 0 radical (unpaired) electrons. The molecule has 0 spiro atoms. The number of rotatable bonds is 17. The highest BCUT2D eigenvalue weighted by molar-refractivity contribution is 6.00. The first kappa shape index (κ1) is 80.9. The molecule has 5 N–H and O–H groups in total. The van der Waals surface area contributed by atoms with Crippen LogP contribution in [0.2, 0.25) is 0 Å². The number of ether oxygens (including phenoxy) is 1. The van der Waals surface area contributed by atoms with Crippen LogP contribution in [-0.4, -0.2) is 258 Å². The van der Waals surface area contributed by atoms with E-state index in [1.807, 2.05) is 66.4 Å². The molecule has 3 unspecified atom stereocenters. The lowest BCUT2D eigenvalue weighted by molar-refractivity contribution is -0.173. The Kier molecular flexibility index (Phi) is 31.8. The average Bonchev–Trinajstić information content (AvgIpc) is 0.830. The third kappa shape index (κ3) is 21.7. The van der Waals surface area contributed by atoms with Crippen molar-refractivity contribution in [1.82, 2.24) is 60.5 Å². The van der Waals surface area contributed by atoms with Gasteiger partial charge in [-0.1, -0.05) is 102 Å². The highest BCUT2D eigenvalue weighted by Crippen LogP contribution is 2.33. The van der Waals surface area contributed by atoms with Gasteiger partial charge in [0.15, 0.2) is 0 Å². The first-order chi connectivity index (χ1) is 42.0. The van der Waals surface area contributed by atoms with Gasteiger partial charge in [0.25, 0.3) is 5.91 Å². The zero-order chi connectivity index (χ0) is 70.3. The summed E-state index contributed by atoms with van der Waals surface area (Å²) in [7, 11) is 13.5. The maximum atomic E-state index is 15.3. The summed E-state index contributed by atoms with van der Waals surface area (Å²) in [5.74, 6) is -10.2. The molecule has 1 heterocycles. The van der Waals surface area contributed by atoms with Crippen molar-refractivity contribution in [2.24, 2.45) is 41.4 Å². The molecule has 14 atom stereocenters. The van der Waals surface area contributed by atoms with E-state index in [-0.39, 0.29) is 55.8 Å². The molecule has 25 heteroatoms. The van der Waals surface area contributed by atoms with Crippen LogP contribution in [0.1, 0.15) is 156 Å². The van der Waals surface area contributed by atoms with Gasteiger partial charge < -0.3 is 70.3 Å². The van der Waals surface area contributed by atoms with Crippen LogP contribution in [0.3, 0.4) is 0 Å². The van der Waals surface area contributed by atoms with Crippen molar-refractivity contribution in [2.45, 2.75) is 235 Å². The summed E-state index contributed by atoms with van der Waals surface area (Å²) in [5, 5.41) is 23.3. The monoisotopic (exact) mass is 1290 g/mol. The molecule has 2 rings (SSSR count). The Morgan fingerprint density at radius 2 is 0.901 bits per heavy atom. The van der Waals surface area contributed by atoms with Gasteiger partial charge in [0.05, 0.1) is 12.2 Å². The van der Waals surface area contributed by atoms with Crippen LogP contribution in [0.25, 0.3) is 0 Å². The van der Waals surface area contributed by atoms with Gasteiger partial charge in [-0.2, -0.15) is 0 Å². The molecular formula is C66H118N12O13. The first-order valence-corrected chi connectivity index (χ1v) is 32.7. The average molecular weight is 1290 g/mol. The number of nitrogens with zero attached hydrogens (tertiary/aromatic N) is 8. The Morgan fingerprint density at radius 3 is 1.32 bits per heavy atom.